The van der Waals surface area contributed by atoms with Crippen LogP contribution in [0.3, 0.4) is 0 Å². The summed E-state index contributed by atoms with van der Waals surface area (Å²) in [7, 11) is 0. The molecule has 0 aliphatic carbocycles. The lowest BCUT2D eigenvalue weighted by Gasteiger charge is -2.36. The van der Waals surface area contributed by atoms with Crippen LogP contribution in [0.1, 0.15) is 34.5 Å². The standard InChI is InChI=1S/C22H22FN5O/c1-16-4-5-17(14-26-16)13-22(23)7-11-28(12-8-22)21(29)18-3-2-9-25-20(18)19-6-10-24-15-27-19/h2-6,9-10,14-15H,7-8,11-13H2,1H3. The fraction of sp³-hybridized carbons (Fsp3) is 0.318. The van der Waals surface area contributed by atoms with E-state index in [-0.39, 0.29) is 5.91 Å². The van der Waals surface area contributed by atoms with Gasteiger partial charge in [-0.25, -0.2) is 14.4 Å². The number of halogens is 1. The van der Waals surface area contributed by atoms with Crippen molar-refractivity contribution in [3.63, 3.8) is 0 Å². The highest BCUT2D eigenvalue weighted by atomic mass is 19.1. The molecule has 6 nitrogen and oxygen atoms in total. The topological polar surface area (TPSA) is 71.9 Å². The Morgan fingerprint density at radius 2 is 1.93 bits per heavy atom. The number of likely N-dealkylation sites (tertiary alicyclic amines) is 1. The average molecular weight is 391 g/mol. The molecule has 3 aromatic heterocycles. The molecule has 0 atom stereocenters. The van der Waals surface area contributed by atoms with Crippen LogP contribution < -0.4 is 0 Å². The van der Waals surface area contributed by atoms with E-state index in [0.717, 1.165) is 11.3 Å². The summed E-state index contributed by atoms with van der Waals surface area (Å²) in [6.07, 6.45) is 7.33. The Morgan fingerprint density at radius 1 is 1.10 bits per heavy atom. The first-order valence-corrected chi connectivity index (χ1v) is 9.65. The summed E-state index contributed by atoms with van der Waals surface area (Å²) in [5, 5.41) is 0. The van der Waals surface area contributed by atoms with Gasteiger partial charge in [-0.1, -0.05) is 6.07 Å². The van der Waals surface area contributed by atoms with Gasteiger partial charge >= 0.3 is 0 Å². The Morgan fingerprint density at radius 3 is 2.62 bits per heavy atom. The Kier molecular flexibility index (Phi) is 5.29. The molecule has 4 rings (SSSR count). The molecule has 1 fully saturated rings. The van der Waals surface area contributed by atoms with Crippen molar-refractivity contribution < 1.29 is 9.18 Å². The second kappa shape index (κ2) is 8.03. The van der Waals surface area contributed by atoms with Crippen molar-refractivity contribution in [1.29, 1.82) is 0 Å². The molecule has 3 aromatic rings. The molecule has 4 heterocycles. The van der Waals surface area contributed by atoms with Gasteiger partial charge in [-0.3, -0.25) is 14.8 Å². The predicted octanol–water partition coefficient (Wildman–Crippen LogP) is 3.43. The van der Waals surface area contributed by atoms with E-state index >= 15 is 4.39 Å². The number of aryl methyl sites for hydroxylation is 1. The molecule has 1 aliphatic rings. The quantitative estimate of drug-likeness (QED) is 0.681. The third-order valence-corrected chi connectivity index (χ3v) is 5.30. The smallest absolute Gasteiger partial charge is 0.256 e. The van der Waals surface area contributed by atoms with E-state index in [1.807, 2.05) is 19.1 Å². The highest BCUT2D eigenvalue weighted by Crippen LogP contribution is 2.31. The van der Waals surface area contributed by atoms with Gasteiger partial charge in [-0.05, 0) is 49.6 Å². The summed E-state index contributed by atoms with van der Waals surface area (Å²) in [6.45, 7) is 2.65. The highest BCUT2D eigenvalue weighted by molar-refractivity contribution is 5.99. The second-order valence-corrected chi connectivity index (χ2v) is 7.42. The zero-order valence-corrected chi connectivity index (χ0v) is 16.3. The molecule has 0 radical (unpaired) electrons. The molecule has 0 saturated carbocycles. The maximum absolute atomic E-state index is 15.3. The molecule has 0 aromatic carbocycles. The first-order valence-electron chi connectivity index (χ1n) is 9.65. The van der Waals surface area contributed by atoms with Gasteiger partial charge in [0.25, 0.3) is 5.91 Å². The number of piperidine rings is 1. The van der Waals surface area contributed by atoms with Crippen LogP contribution in [0.25, 0.3) is 11.4 Å². The van der Waals surface area contributed by atoms with Gasteiger partial charge in [-0.2, -0.15) is 0 Å². The lowest BCUT2D eigenvalue weighted by atomic mass is 9.87. The van der Waals surface area contributed by atoms with E-state index < -0.39 is 5.67 Å². The molecule has 0 unspecified atom stereocenters. The summed E-state index contributed by atoms with van der Waals surface area (Å²) >= 11 is 0. The number of carbonyl (C=O) groups is 1. The number of carbonyl (C=O) groups excluding carboxylic acids is 1. The highest BCUT2D eigenvalue weighted by Gasteiger charge is 2.36. The number of alkyl halides is 1. The Labute approximate surface area is 168 Å². The van der Waals surface area contributed by atoms with Crippen molar-refractivity contribution in [3.05, 3.63) is 72.1 Å². The number of amides is 1. The lowest BCUT2D eigenvalue weighted by Crippen LogP contribution is -2.45. The minimum atomic E-state index is -1.32. The van der Waals surface area contributed by atoms with Crippen LogP contribution in [-0.2, 0) is 6.42 Å². The van der Waals surface area contributed by atoms with Crippen LogP contribution in [0.5, 0.6) is 0 Å². The Bertz CT molecular complexity index is 986. The molecule has 29 heavy (non-hydrogen) atoms. The summed E-state index contributed by atoms with van der Waals surface area (Å²) < 4.78 is 15.3. The summed E-state index contributed by atoms with van der Waals surface area (Å²) in [4.78, 5) is 31.5. The van der Waals surface area contributed by atoms with E-state index in [9.17, 15) is 4.79 Å². The van der Waals surface area contributed by atoms with Gasteiger partial charge in [0.2, 0.25) is 0 Å². The Hall–Kier alpha value is -3.22. The molecule has 1 saturated heterocycles. The van der Waals surface area contributed by atoms with Crippen molar-refractivity contribution in [2.45, 2.75) is 31.9 Å². The summed E-state index contributed by atoms with van der Waals surface area (Å²) in [6, 6.07) is 9.00. The largest absolute Gasteiger partial charge is 0.338 e. The normalized spacial score (nSPS) is 15.9. The first-order chi connectivity index (χ1) is 14.0. The number of hydrogen-bond donors (Lipinski definition) is 0. The number of aromatic nitrogens is 4. The average Bonchev–Trinajstić information content (AvgIpc) is 2.76. The lowest BCUT2D eigenvalue weighted by molar-refractivity contribution is 0.0437. The van der Waals surface area contributed by atoms with Gasteiger partial charge in [0.1, 0.15) is 17.7 Å². The minimum absolute atomic E-state index is 0.147. The zero-order valence-electron chi connectivity index (χ0n) is 16.3. The van der Waals surface area contributed by atoms with Crippen LogP contribution in [0.4, 0.5) is 4.39 Å². The van der Waals surface area contributed by atoms with Crippen molar-refractivity contribution >= 4 is 5.91 Å². The zero-order chi connectivity index (χ0) is 20.3. The van der Waals surface area contributed by atoms with Gasteiger partial charge in [-0.15, -0.1) is 0 Å². The monoisotopic (exact) mass is 391 g/mol. The van der Waals surface area contributed by atoms with E-state index in [1.165, 1.54) is 6.33 Å². The van der Waals surface area contributed by atoms with Gasteiger partial charge < -0.3 is 4.90 Å². The Balaban J connectivity index is 1.47. The molecule has 148 valence electrons. The number of nitrogens with zero attached hydrogens (tertiary/aromatic N) is 5. The molecule has 0 bridgehead atoms. The van der Waals surface area contributed by atoms with Crippen LogP contribution in [0.2, 0.25) is 0 Å². The molecular weight excluding hydrogens is 369 g/mol. The molecule has 0 spiro atoms. The minimum Gasteiger partial charge on any atom is -0.338 e. The SMILES string of the molecule is Cc1ccc(CC2(F)CCN(C(=O)c3cccnc3-c3ccncn3)CC2)cn1. The van der Waals surface area contributed by atoms with Gasteiger partial charge in [0, 0.05) is 43.8 Å². The molecule has 1 aliphatic heterocycles. The van der Waals surface area contributed by atoms with Crippen LogP contribution in [0.15, 0.2) is 55.2 Å². The summed E-state index contributed by atoms with van der Waals surface area (Å²) in [5.41, 5.74) is 2.06. The van der Waals surface area contributed by atoms with Crippen LogP contribution in [-0.4, -0.2) is 49.5 Å². The number of rotatable bonds is 4. The third-order valence-electron chi connectivity index (χ3n) is 5.30. The summed E-state index contributed by atoms with van der Waals surface area (Å²) in [5.74, 6) is -0.147. The number of pyridine rings is 2. The van der Waals surface area contributed by atoms with E-state index in [0.29, 0.717) is 49.3 Å². The van der Waals surface area contributed by atoms with E-state index in [1.54, 1.807) is 41.7 Å². The fourth-order valence-corrected chi connectivity index (χ4v) is 3.64. The molecular formula is C22H22FN5O. The van der Waals surface area contributed by atoms with Crippen molar-refractivity contribution in [2.75, 3.05) is 13.1 Å². The van der Waals surface area contributed by atoms with Crippen molar-refractivity contribution in [1.82, 2.24) is 24.8 Å². The maximum atomic E-state index is 15.3. The molecule has 0 N–H and O–H groups in total. The number of hydrogen-bond acceptors (Lipinski definition) is 5. The maximum Gasteiger partial charge on any atom is 0.256 e. The van der Waals surface area contributed by atoms with Crippen LogP contribution in [0, 0.1) is 6.92 Å². The van der Waals surface area contributed by atoms with Crippen LogP contribution >= 0.6 is 0 Å². The first kappa shape index (κ1) is 19.1. The predicted molar refractivity (Wildman–Crippen MR) is 107 cm³/mol. The van der Waals surface area contributed by atoms with Crippen molar-refractivity contribution in [3.8, 4) is 11.4 Å². The van der Waals surface area contributed by atoms with E-state index in [4.69, 9.17) is 0 Å². The van der Waals surface area contributed by atoms with Gasteiger partial charge in [0.15, 0.2) is 0 Å². The fourth-order valence-electron chi connectivity index (χ4n) is 3.64. The second-order valence-electron chi connectivity index (χ2n) is 7.42. The van der Waals surface area contributed by atoms with Gasteiger partial charge in [0.05, 0.1) is 11.3 Å². The van der Waals surface area contributed by atoms with E-state index in [2.05, 4.69) is 19.9 Å². The molecule has 7 heteroatoms. The third kappa shape index (κ3) is 4.29. The van der Waals surface area contributed by atoms with Crippen molar-refractivity contribution in [2.24, 2.45) is 0 Å². The molecule has 1 amide bonds.